The Balaban J connectivity index is 2.85. The Bertz CT molecular complexity index is 322. The third-order valence-corrected chi connectivity index (χ3v) is 2.58. The Kier molecular flexibility index (Phi) is 5.48. The van der Waals surface area contributed by atoms with Crippen LogP contribution in [0.5, 0.6) is 5.75 Å². The van der Waals surface area contributed by atoms with Crippen molar-refractivity contribution in [2.24, 2.45) is 0 Å². The molecule has 0 heterocycles. The number of hydrogen-bond donors (Lipinski definition) is 0. The number of anilines is 1. The van der Waals surface area contributed by atoms with Gasteiger partial charge in [-0.15, -0.1) is 0 Å². The minimum absolute atomic E-state index is 0.885. The van der Waals surface area contributed by atoms with Crippen LogP contribution >= 0.6 is 0 Å². The second kappa shape index (κ2) is 6.94. The lowest BCUT2D eigenvalue weighted by Crippen LogP contribution is -2.24. The van der Waals surface area contributed by atoms with Crippen molar-refractivity contribution in [2.45, 2.75) is 26.7 Å². The first-order valence-corrected chi connectivity index (χ1v) is 5.95. The highest BCUT2D eigenvalue weighted by atomic mass is 16.5. The van der Waals surface area contributed by atoms with Gasteiger partial charge in [-0.25, -0.2) is 0 Å². The zero-order valence-electron chi connectivity index (χ0n) is 10.3. The van der Waals surface area contributed by atoms with E-state index >= 15 is 0 Å². The molecule has 0 saturated carbocycles. The molecule has 0 fully saturated rings. The van der Waals surface area contributed by atoms with Crippen LogP contribution in [0.3, 0.4) is 0 Å². The molecule has 0 saturated heterocycles. The van der Waals surface area contributed by atoms with Gasteiger partial charge in [0.05, 0.1) is 11.9 Å². The topological polar surface area (TPSA) is 12.5 Å². The summed E-state index contributed by atoms with van der Waals surface area (Å²) < 4.78 is 5.42. The molecule has 0 radical (unpaired) electrons. The Morgan fingerprint density at radius 3 is 2.69 bits per heavy atom. The van der Waals surface area contributed by atoms with Gasteiger partial charge in [-0.1, -0.05) is 32.1 Å². The first-order chi connectivity index (χ1) is 7.83. The molecular weight excluding hydrogens is 198 g/mol. The molecule has 0 bridgehead atoms. The van der Waals surface area contributed by atoms with Crippen LogP contribution in [-0.2, 0) is 0 Å². The molecule has 0 amide bonds. The molecule has 0 aliphatic heterocycles. The summed E-state index contributed by atoms with van der Waals surface area (Å²) in [5.41, 5.74) is 1.15. The lowest BCUT2D eigenvalue weighted by atomic mass is 10.2. The zero-order chi connectivity index (χ0) is 11.8. The smallest absolute Gasteiger partial charge is 0.149 e. The van der Waals surface area contributed by atoms with E-state index in [1.165, 1.54) is 19.1 Å². The summed E-state index contributed by atoms with van der Waals surface area (Å²) in [6.45, 7) is 10.1. The van der Waals surface area contributed by atoms with Crippen LogP contribution in [0, 0.1) is 0 Å². The molecule has 16 heavy (non-hydrogen) atoms. The Morgan fingerprint density at radius 2 is 2.06 bits per heavy atom. The van der Waals surface area contributed by atoms with Crippen LogP contribution in [0.4, 0.5) is 5.69 Å². The van der Waals surface area contributed by atoms with E-state index in [4.69, 9.17) is 4.74 Å². The highest BCUT2D eigenvalue weighted by Crippen LogP contribution is 2.28. The van der Waals surface area contributed by atoms with E-state index in [0.29, 0.717) is 0 Å². The molecule has 1 aromatic carbocycles. The number of ether oxygens (including phenoxy) is 1. The first kappa shape index (κ1) is 12.6. The van der Waals surface area contributed by atoms with Crippen LogP contribution in [0.1, 0.15) is 26.7 Å². The Hall–Kier alpha value is -1.44. The number of rotatable bonds is 7. The normalized spacial score (nSPS) is 9.88. The SMILES string of the molecule is C=COc1ccccc1N(CC)CCCC. The monoisotopic (exact) mass is 219 g/mol. The van der Waals surface area contributed by atoms with Gasteiger partial charge in [-0.05, 0) is 25.5 Å². The zero-order valence-corrected chi connectivity index (χ0v) is 10.3. The van der Waals surface area contributed by atoms with E-state index in [9.17, 15) is 0 Å². The summed E-state index contributed by atoms with van der Waals surface area (Å²) in [6.07, 6.45) is 3.89. The molecule has 0 aliphatic rings. The molecule has 0 atom stereocenters. The van der Waals surface area contributed by atoms with Crippen LogP contribution < -0.4 is 9.64 Å². The van der Waals surface area contributed by atoms with Crippen molar-refractivity contribution in [3.63, 3.8) is 0 Å². The molecule has 1 rings (SSSR count). The van der Waals surface area contributed by atoms with Crippen molar-refractivity contribution in [1.29, 1.82) is 0 Å². The second-order valence-corrected chi connectivity index (χ2v) is 3.69. The number of unbranched alkanes of at least 4 members (excludes halogenated alkanes) is 1. The van der Waals surface area contributed by atoms with Gasteiger partial charge in [-0.2, -0.15) is 0 Å². The molecule has 1 aromatic rings. The van der Waals surface area contributed by atoms with E-state index in [-0.39, 0.29) is 0 Å². The fraction of sp³-hybridized carbons (Fsp3) is 0.429. The molecule has 0 aliphatic carbocycles. The Labute approximate surface area is 98.5 Å². The lowest BCUT2D eigenvalue weighted by Gasteiger charge is -2.24. The second-order valence-electron chi connectivity index (χ2n) is 3.69. The van der Waals surface area contributed by atoms with E-state index in [1.54, 1.807) is 0 Å². The first-order valence-electron chi connectivity index (χ1n) is 5.95. The summed E-state index contributed by atoms with van der Waals surface area (Å²) in [7, 11) is 0. The summed E-state index contributed by atoms with van der Waals surface area (Å²) in [5.74, 6) is 0.885. The standard InChI is InChI=1S/C14H21NO/c1-4-7-12-15(5-2)13-10-8-9-11-14(13)16-6-3/h6,8-11H,3-5,7,12H2,1-2H3. The van der Waals surface area contributed by atoms with Crippen LogP contribution in [0.2, 0.25) is 0 Å². The van der Waals surface area contributed by atoms with Crippen LogP contribution in [-0.4, -0.2) is 13.1 Å². The van der Waals surface area contributed by atoms with E-state index < -0.39 is 0 Å². The van der Waals surface area contributed by atoms with Crippen molar-refractivity contribution < 1.29 is 4.74 Å². The molecule has 2 nitrogen and oxygen atoms in total. The molecule has 88 valence electrons. The van der Waals surface area contributed by atoms with E-state index in [1.807, 2.05) is 18.2 Å². The number of benzene rings is 1. The van der Waals surface area contributed by atoms with E-state index in [2.05, 4.69) is 31.4 Å². The number of nitrogens with zero attached hydrogens (tertiary/aromatic N) is 1. The number of para-hydroxylation sites is 2. The summed E-state index contributed by atoms with van der Waals surface area (Å²) in [4.78, 5) is 2.34. The maximum atomic E-state index is 5.42. The highest BCUT2D eigenvalue weighted by Gasteiger charge is 2.08. The molecule has 0 aromatic heterocycles. The lowest BCUT2D eigenvalue weighted by molar-refractivity contribution is 0.482. The van der Waals surface area contributed by atoms with Gasteiger partial charge in [-0.3, -0.25) is 0 Å². The van der Waals surface area contributed by atoms with E-state index in [0.717, 1.165) is 24.5 Å². The van der Waals surface area contributed by atoms with Gasteiger partial charge in [0.2, 0.25) is 0 Å². The van der Waals surface area contributed by atoms with Gasteiger partial charge >= 0.3 is 0 Å². The third-order valence-electron chi connectivity index (χ3n) is 2.58. The summed E-state index contributed by atoms with van der Waals surface area (Å²) in [5, 5.41) is 0. The van der Waals surface area contributed by atoms with Crippen molar-refractivity contribution in [3.8, 4) is 5.75 Å². The summed E-state index contributed by atoms with van der Waals surface area (Å²) >= 11 is 0. The minimum Gasteiger partial charge on any atom is -0.463 e. The minimum atomic E-state index is 0.885. The van der Waals surface area contributed by atoms with Crippen molar-refractivity contribution in [2.75, 3.05) is 18.0 Å². The fourth-order valence-corrected chi connectivity index (χ4v) is 1.71. The Morgan fingerprint density at radius 1 is 1.31 bits per heavy atom. The van der Waals surface area contributed by atoms with Gasteiger partial charge in [0, 0.05) is 13.1 Å². The summed E-state index contributed by atoms with van der Waals surface area (Å²) in [6, 6.07) is 8.10. The highest BCUT2D eigenvalue weighted by molar-refractivity contribution is 5.58. The molecule has 0 unspecified atom stereocenters. The molecule has 0 spiro atoms. The van der Waals surface area contributed by atoms with Crippen molar-refractivity contribution >= 4 is 5.69 Å². The van der Waals surface area contributed by atoms with Crippen LogP contribution in [0.25, 0.3) is 0 Å². The van der Waals surface area contributed by atoms with Gasteiger partial charge in [0.25, 0.3) is 0 Å². The third kappa shape index (κ3) is 3.30. The van der Waals surface area contributed by atoms with Gasteiger partial charge in [0.15, 0.2) is 0 Å². The molecular formula is C14H21NO. The molecule has 2 heteroatoms. The van der Waals surface area contributed by atoms with Gasteiger partial charge < -0.3 is 9.64 Å². The fourth-order valence-electron chi connectivity index (χ4n) is 1.71. The van der Waals surface area contributed by atoms with Crippen molar-refractivity contribution in [3.05, 3.63) is 37.1 Å². The van der Waals surface area contributed by atoms with Crippen molar-refractivity contribution in [1.82, 2.24) is 0 Å². The van der Waals surface area contributed by atoms with Crippen LogP contribution in [0.15, 0.2) is 37.1 Å². The average Bonchev–Trinajstić information content (AvgIpc) is 2.32. The predicted octanol–water partition coefficient (Wildman–Crippen LogP) is 3.84. The predicted molar refractivity (Wildman–Crippen MR) is 70.1 cm³/mol. The number of hydrogen-bond acceptors (Lipinski definition) is 2. The average molecular weight is 219 g/mol. The maximum Gasteiger partial charge on any atom is 0.149 e. The molecule has 0 N–H and O–H groups in total. The van der Waals surface area contributed by atoms with Gasteiger partial charge in [0.1, 0.15) is 5.75 Å². The largest absolute Gasteiger partial charge is 0.463 e. The maximum absolute atomic E-state index is 5.42. The quantitative estimate of drug-likeness (QED) is 0.646.